The predicted molar refractivity (Wildman–Crippen MR) is 101 cm³/mol. The standard InChI is InChI=1S/C23H18F6/c1-14(2)17-11-18(15-3-7-20(8-4-15)22(24,25)26)13-19(12-17)16-5-9-21(10-6-16)23(27,28)29/h3-14H,1-2H3. The summed E-state index contributed by atoms with van der Waals surface area (Å²) in [6.07, 6.45) is -8.83. The molecule has 0 aliphatic rings. The van der Waals surface area contributed by atoms with E-state index in [0.717, 1.165) is 29.8 Å². The Bertz CT molecular complexity index is 902. The highest BCUT2D eigenvalue weighted by Crippen LogP contribution is 2.35. The molecule has 0 saturated carbocycles. The van der Waals surface area contributed by atoms with E-state index < -0.39 is 23.5 Å². The van der Waals surface area contributed by atoms with Crippen LogP contribution in [-0.2, 0) is 12.4 Å². The largest absolute Gasteiger partial charge is 0.416 e. The molecule has 0 saturated heterocycles. The van der Waals surface area contributed by atoms with E-state index in [2.05, 4.69) is 0 Å². The molecule has 0 amide bonds. The summed E-state index contributed by atoms with van der Waals surface area (Å²) in [5.41, 5.74) is 2.10. The number of benzene rings is 3. The van der Waals surface area contributed by atoms with Crippen molar-refractivity contribution < 1.29 is 26.3 Å². The average molecular weight is 408 g/mol. The van der Waals surface area contributed by atoms with Gasteiger partial charge in [0.2, 0.25) is 0 Å². The number of hydrogen-bond acceptors (Lipinski definition) is 0. The van der Waals surface area contributed by atoms with Gasteiger partial charge in [0.25, 0.3) is 0 Å². The van der Waals surface area contributed by atoms with Crippen LogP contribution in [0.2, 0.25) is 0 Å². The lowest BCUT2D eigenvalue weighted by Gasteiger charge is -2.14. The maximum Gasteiger partial charge on any atom is 0.416 e. The van der Waals surface area contributed by atoms with E-state index in [1.165, 1.54) is 24.3 Å². The monoisotopic (exact) mass is 408 g/mol. The summed E-state index contributed by atoms with van der Waals surface area (Å²) in [5.74, 6) is 0.137. The molecule has 0 aliphatic carbocycles. The third-order valence-corrected chi connectivity index (χ3v) is 4.71. The van der Waals surface area contributed by atoms with E-state index in [4.69, 9.17) is 0 Å². The minimum atomic E-state index is -4.41. The normalized spacial score (nSPS) is 12.4. The molecule has 152 valence electrons. The predicted octanol–water partition coefficient (Wildman–Crippen LogP) is 8.18. The zero-order chi connectivity index (χ0) is 21.4. The van der Waals surface area contributed by atoms with E-state index in [1.54, 1.807) is 6.07 Å². The van der Waals surface area contributed by atoms with Crippen LogP contribution in [0.1, 0.15) is 36.5 Å². The highest BCUT2D eigenvalue weighted by atomic mass is 19.4. The fourth-order valence-electron chi connectivity index (χ4n) is 3.02. The lowest BCUT2D eigenvalue weighted by atomic mass is 9.91. The Labute approximate surface area is 164 Å². The lowest BCUT2D eigenvalue weighted by Crippen LogP contribution is -2.04. The van der Waals surface area contributed by atoms with Crippen molar-refractivity contribution in [3.63, 3.8) is 0 Å². The number of halogens is 6. The van der Waals surface area contributed by atoms with Crippen molar-refractivity contribution in [1.82, 2.24) is 0 Å². The van der Waals surface area contributed by atoms with Crippen LogP contribution in [0.15, 0.2) is 66.7 Å². The minimum Gasteiger partial charge on any atom is -0.166 e. The van der Waals surface area contributed by atoms with Gasteiger partial charge >= 0.3 is 12.4 Å². The zero-order valence-electron chi connectivity index (χ0n) is 15.7. The number of hydrogen-bond donors (Lipinski definition) is 0. The van der Waals surface area contributed by atoms with Gasteiger partial charge in [0, 0.05) is 0 Å². The quantitative estimate of drug-likeness (QED) is 0.383. The fourth-order valence-corrected chi connectivity index (χ4v) is 3.02. The Hall–Kier alpha value is -2.76. The molecule has 0 heterocycles. The van der Waals surface area contributed by atoms with Crippen molar-refractivity contribution >= 4 is 0 Å². The lowest BCUT2D eigenvalue weighted by molar-refractivity contribution is -0.138. The minimum absolute atomic E-state index is 0.137. The molecule has 0 atom stereocenters. The first-order valence-corrected chi connectivity index (χ1v) is 8.95. The molecular formula is C23H18F6. The molecule has 6 heteroatoms. The zero-order valence-corrected chi connectivity index (χ0v) is 15.7. The van der Waals surface area contributed by atoms with Gasteiger partial charge in [-0.2, -0.15) is 26.3 Å². The van der Waals surface area contributed by atoms with Crippen LogP contribution in [0.5, 0.6) is 0 Å². The highest BCUT2D eigenvalue weighted by Gasteiger charge is 2.30. The van der Waals surface area contributed by atoms with Gasteiger partial charge in [-0.05, 0) is 64.1 Å². The van der Waals surface area contributed by atoms with Crippen LogP contribution in [0.25, 0.3) is 22.3 Å². The number of alkyl halides is 6. The highest BCUT2D eigenvalue weighted by molar-refractivity contribution is 5.74. The molecule has 0 aliphatic heterocycles. The van der Waals surface area contributed by atoms with Crippen LogP contribution in [-0.4, -0.2) is 0 Å². The Morgan fingerprint density at radius 1 is 0.517 bits per heavy atom. The van der Waals surface area contributed by atoms with Gasteiger partial charge in [0.05, 0.1) is 11.1 Å². The Balaban J connectivity index is 2.05. The first kappa shape index (κ1) is 21.0. The van der Waals surface area contributed by atoms with E-state index in [9.17, 15) is 26.3 Å². The number of rotatable bonds is 3. The molecule has 0 fully saturated rings. The summed E-state index contributed by atoms with van der Waals surface area (Å²) >= 11 is 0. The summed E-state index contributed by atoms with van der Waals surface area (Å²) in [5, 5.41) is 0. The van der Waals surface area contributed by atoms with E-state index in [1.807, 2.05) is 26.0 Å². The van der Waals surface area contributed by atoms with Crippen molar-refractivity contribution in [1.29, 1.82) is 0 Å². The van der Waals surface area contributed by atoms with Crippen molar-refractivity contribution in [3.05, 3.63) is 83.4 Å². The summed E-state index contributed by atoms with van der Waals surface area (Å²) in [6.45, 7) is 3.95. The molecule has 3 aromatic rings. The van der Waals surface area contributed by atoms with Gasteiger partial charge in [-0.25, -0.2) is 0 Å². The fraction of sp³-hybridized carbons (Fsp3) is 0.217. The Kier molecular flexibility index (Phi) is 5.48. The topological polar surface area (TPSA) is 0 Å². The Morgan fingerprint density at radius 2 is 0.862 bits per heavy atom. The molecule has 3 aromatic carbocycles. The van der Waals surface area contributed by atoms with Gasteiger partial charge in [-0.15, -0.1) is 0 Å². The molecule has 0 radical (unpaired) electrons. The maximum atomic E-state index is 12.8. The van der Waals surface area contributed by atoms with Gasteiger partial charge in [-0.1, -0.05) is 50.2 Å². The third-order valence-electron chi connectivity index (χ3n) is 4.71. The molecule has 0 N–H and O–H groups in total. The summed E-state index contributed by atoms with van der Waals surface area (Å²) in [4.78, 5) is 0. The molecule has 0 aromatic heterocycles. The van der Waals surface area contributed by atoms with E-state index in [0.29, 0.717) is 22.3 Å². The van der Waals surface area contributed by atoms with Crippen LogP contribution >= 0.6 is 0 Å². The molecule has 3 rings (SSSR count). The van der Waals surface area contributed by atoms with E-state index >= 15 is 0 Å². The second-order valence-electron chi connectivity index (χ2n) is 7.15. The maximum absolute atomic E-state index is 12.8. The van der Waals surface area contributed by atoms with Gasteiger partial charge in [0.15, 0.2) is 0 Å². The van der Waals surface area contributed by atoms with Crippen molar-refractivity contribution in [2.45, 2.75) is 32.1 Å². The molecule has 29 heavy (non-hydrogen) atoms. The van der Waals surface area contributed by atoms with Crippen molar-refractivity contribution in [2.24, 2.45) is 0 Å². The second-order valence-corrected chi connectivity index (χ2v) is 7.15. The summed E-state index contributed by atoms with van der Waals surface area (Å²) in [6, 6.07) is 15.3. The van der Waals surface area contributed by atoms with Gasteiger partial charge < -0.3 is 0 Å². The van der Waals surface area contributed by atoms with Crippen LogP contribution in [0.3, 0.4) is 0 Å². The van der Waals surface area contributed by atoms with Crippen LogP contribution < -0.4 is 0 Å². The molecule has 0 bridgehead atoms. The third kappa shape index (κ3) is 4.81. The molecule has 0 unspecified atom stereocenters. The second kappa shape index (κ2) is 7.58. The van der Waals surface area contributed by atoms with Crippen LogP contribution in [0.4, 0.5) is 26.3 Å². The summed E-state index contributed by atoms with van der Waals surface area (Å²) in [7, 11) is 0. The Morgan fingerprint density at radius 3 is 1.14 bits per heavy atom. The summed E-state index contributed by atoms with van der Waals surface area (Å²) < 4.78 is 76.9. The van der Waals surface area contributed by atoms with Gasteiger partial charge in [0.1, 0.15) is 0 Å². The van der Waals surface area contributed by atoms with Crippen LogP contribution in [0, 0.1) is 0 Å². The van der Waals surface area contributed by atoms with Crippen molar-refractivity contribution in [3.8, 4) is 22.3 Å². The molecule has 0 spiro atoms. The average Bonchev–Trinajstić information content (AvgIpc) is 2.66. The first-order valence-electron chi connectivity index (χ1n) is 8.95. The SMILES string of the molecule is CC(C)c1cc(-c2ccc(C(F)(F)F)cc2)cc(-c2ccc(C(F)(F)F)cc2)c1. The molecule has 0 nitrogen and oxygen atoms in total. The smallest absolute Gasteiger partial charge is 0.166 e. The first-order chi connectivity index (χ1) is 13.4. The van der Waals surface area contributed by atoms with Gasteiger partial charge in [-0.3, -0.25) is 0 Å². The van der Waals surface area contributed by atoms with E-state index in [-0.39, 0.29) is 5.92 Å². The van der Waals surface area contributed by atoms with Crippen molar-refractivity contribution in [2.75, 3.05) is 0 Å². The molecular weight excluding hydrogens is 390 g/mol.